The van der Waals surface area contributed by atoms with Gasteiger partial charge in [0.15, 0.2) is 0 Å². The molecule has 0 atom stereocenters. The number of nitrogens with zero attached hydrogens (tertiary/aromatic N) is 1. The number of hydrogen-bond donors (Lipinski definition) is 1. The highest BCUT2D eigenvalue weighted by Crippen LogP contribution is 2.17. The summed E-state index contributed by atoms with van der Waals surface area (Å²) in [5, 5.41) is 4.08. The van der Waals surface area contributed by atoms with Crippen LogP contribution >= 0.6 is 0 Å². The summed E-state index contributed by atoms with van der Waals surface area (Å²) in [6.45, 7) is 0.769. The van der Waals surface area contributed by atoms with Crippen LogP contribution in [0.4, 0.5) is 0 Å². The molecule has 4 heteroatoms. The second kappa shape index (κ2) is 6.35. The highest BCUT2D eigenvalue weighted by atomic mass is 16.5. The molecule has 0 fully saturated rings. The Morgan fingerprint density at radius 1 is 1.09 bits per heavy atom. The van der Waals surface area contributed by atoms with Gasteiger partial charge in [0, 0.05) is 23.8 Å². The van der Waals surface area contributed by atoms with Gasteiger partial charge >= 0.3 is 0 Å². The fraction of sp³-hybridized carbons (Fsp3) is 0.167. The van der Waals surface area contributed by atoms with E-state index in [1.165, 1.54) is 0 Å². The Hall–Kier alpha value is -2.75. The van der Waals surface area contributed by atoms with Crippen molar-refractivity contribution < 1.29 is 9.53 Å². The molecule has 0 saturated carbocycles. The number of ether oxygens (including phenoxy) is 1. The number of aromatic nitrogens is 1. The molecule has 0 spiro atoms. The molecule has 3 aromatic rings. The molecule has 1 heterocycles. The molecule has 1 aromatic heterocycles. The first-order valence-electron chi connectivity index (χ1n) is 7.20. The number of amides is 1. The molecule has 0 radical (unpaired) electrons. The van der Waals surface area contributed by atoms with Gasteiger partial charge in [0.25, 0.3) is 0 Å². The Morgan fingerprint density at radius 3 is 2.73 bits per heavy atom. The summed E-state index contributed by atoms with van der Waals surface area (Å²) in [4.78, 5) is 12.2. The Balaban J connectivity index is 1.65. The lowest BCUT2D eigenvalue weighted by Crippen LogP contribution is -2.27. The fourth-order valence-electron chi connectivity index (χ4n) is 2.53. The van der Waals surface area contributed by atoms with Crippen LogP contribution in [0.15, 0.2) is 60.8 Å². The van der Waals surface area contributed by atoms with E-state index < -0.39 is 0 Å². The van der Waals surface area contributed by atoms with Gasteiger partial charge in [0.05, 0.1) is 7.11 Å². The molecule has 1 N–H and O–H groups in total. The van der Waals surface area contributed by atoms with Crippen molar-refractivity contribution >= 4 is 16.8 Å². The number of para-hydroxylation sites is 2. The van der Waals surface area contributed by atoms with Crippen LogP contribution in [0.5, 0.6) is 5.75 Å². The lowest BCUT2D eigenvalue weighted by atomic mass is 10.2. The van der Waals surface area contributed by atoms with E-state index in [4.69, 9.17) is 4.74 Å². The first-order valence-corrected chi connectivity index (χ1v) is 7.20. The fourth-order valence-corrected chi connectivity index (χ4v) is 2.53. The maximum Gasteiger partial charge on any atom is 0.240 e. The van der Waals surface area contributed by atoms with Crippen molar-refractivity contribution in [1.29, 1.82) is 0 Å². The third-order valence-electron chi connectivity index (χ3n) is 3.66. The molecule has 0 aliphatic heterocycles. The Kier molecular flexibility index (Phi) is 4.10. The minimum Gasteiger partial charge on any atom is -0.496 e. The highest BCUT2D eigenvalue weighted by molar-refractivity contribution is 5.83. The first-order chi connectivity index (χ1) is 10.8. The van der Waals surface area contributed by atoms with Gasteiger partial charge < -0.3 is 14.6 Å². The number of rotatable bonds is 5. The zero-order chi connectivity index (χ0) is 15.4. The second-order valence-electron chi connectivity index (χ2n) is 5.09. The monoisotopic (exact) mass is 294 g/mol. The van der Waals surface area contributed by atoms with Gasteiger partial charge in [-0.05, 0) is 23.6 Å². The van der Waals surface area contributed by atoms with Crippen LogP contribution in [0.1, 0.15) is 5.56 Å². The van der Waals surface area contributed by atoms with Crippen LogP contribution in [0.2, 0.25) is 0 Å². The summed E-state index contributed by atoms with van der Waals surface area (Å²) in [7, 11) is 1.63. The Morgan fingerprint density at radius 2 is 1.86 bits per heavy atom. The van der Waals surface area contributed by atoms with Gasteiger partial charge in [-0.1, -0.05) is 36.4 Å². The summed E-state index contributed by atoms with van der Waals surface area (Å²) >= 11 is 0. The van der Waals surface area contributed by atoms with E-state index in [0.29, 0.717) is 13.1 Å². The number of fused-ring (bicyclic) bond motifs is 1. The van der Waals surface area contributed by atoms with E-state index in [-0.39, 0.29) is 5.91 Å². The summed E-state index contributed by atoms with van der Waals surface area (Å²) < 4.78 is 7.24. The standard InChI is InChI=1S/C18H18N2O2/c1-22-17-9-5-3-7-15(17)12-19-18(21)13-20-11-10-14-6-2-4-8-16(14)20/h2-11H,12-13H2,1H3,(H,19,21). The van der Waals surface area contributed by atoms with E-state index in [9.17, 15) is 4.79 Å². The molecule has 112 valence electrons. The molecule has 4 nitrogen and oxygen atoms in total. The second-order valence-corrected chi connectivity index (χ2v) is 5.09. The maximum atomic E-state index is 12.2. The number of benzene rings is 2. The summed E-state index contributed by atoms with van der Waals surface area (Å²) in [6.07, 6.45) is 1.94. The van der Waals surface area contributed by atoms with Gasteiger partial charge in [-0.2, -0.15) is 0 Å². The first kappa shape index (κ1) is 14.2. The normalized spacial score (nSPS) is 10.6. The lowest BCUT2D eigenvalue weighted by molar-refractivity contribution is -0.121. The molecule has 2 aromatic carbocycles. The summed E-state index contributed by atoms with van der Waals surface area (Å²) in [6, 6.07) is 17.7. The van der Waals surface area contributed by atoms with Crippen LogP contribution in [-0.4, -0.2) is 17.6 Å². The molecule has 0 saturated heterocycles. The van der Waals surface area contributed by atoms with Crippen LogP contribution in [0.3, 0.4) is 0 Å². The molecule has 3 rings (SSSR count). The van der Waals surface area contributed by atoms with Crippen molar-refractivity contribution in [2.24, 2.45) is 0 Å². The number of carbonyl (C=O) groups excluding carboxylic acids is 1. The predicted octanol–water partition coefficient (Wildman–Crippen LogP) is 2.97. The van der Waals surface area contributed by atoms with Crippen molar-refractivity contribution in [1.82, 2.24) is 9.88 Å². The van der Waals surface area contributed by atoms with E-state index in [0.717, 1.165) is 22.2 Å². The molecule has 0 aliphatic carbocycles. The lowest BCUT2D eigenvalue weighted by Gasteiger charge is -2.10. The van der Waals surface area contributed by atoms with Crippen LogP contribution in [0, 0.1) is 0 Å². The van der Waals surface area contributed by atoms with E-state index in [2.05, 4.69) is 5.32 Å². The van der Waals surface area contributed by atoms with E-state index >= 15 is 0 Å². The van der Waals surface area contributed by atoms with Crippen LogP contribution < -0.4 is 10.1 Å². The van der Waals surface area contributed by atoms with Crippen molar-refractivity contribution in [3.05, 3.63) is 66.4 Å². The average Bonchev–Trinajstić information content (AvgIpc) is 2.96. The molecule has 0 unspecified atom stereocenters. The van der Waals surface area contributed by atoms with Gasteiger partial charge in [0.1, 0.15) is 12.3 Å². The average molecular weight is 294 g/mol. The zero-order valence-electron chi connectivity index (χ0n) is 12.5. The predicted molar refractivity (Wildman–Crippen MR) is 86.8 cm³/mol. The van der Waals surface area contributed by atoms with Crippen molar-refractivity contribution in [2.75, 3.05) is 7.11 Å². The van der Waals surface area contributed by atoms with Gasteiger partial charge in [-0.15, -0.1) is 0 Å². The third kappa shape index (κ3) is 2.96. The van der Waals surface area contributed by atoms with Gasteiger partial charge in [-0.25, -0.2) is 0 Å². The molecule has 1 amide bonds. The number of methoxy groups -OCH3 is 1. The smallest absolute Gasteiger partial charge is 0.240 e. The molecular formula is C18H18N2O2. The zero-order valence-corrected chi connectivity index (χ0v) is 12.5. The van der Waals surface area contributed by atoms with Gasteiger partial charge in [-0.3, -0.25) is 4.79 Å². The van der Waals surface area contributed by atoms with Crippen molar-refractivity contribution in [2.45, 2.75) is 13.1 Å². The van der Waals surface area contributed by atoms with Crippen LogP contribution in [0.25, 0.3) is 10.9 Å². The molecule has 0 aliphatic rings. The summed E-state index contributed by atoms with van der Waals surface area (Å²) in [5.74, 6) is 0.765. The largest absolute Gasteiger partial charge is 0.496 e. The topological polar surface area (TPSA) is 43.3 Å². The number of hydrogen-bond acceptors (Lipinski definition) is 2. The molecule has 0 bridgehead atoms. The Labute approximate surface area is 129 Å². The van der Waals surface area contributed by atoms with Crippen molar-refractivity contribution in [3.8, 4) is 5.75 Å². The SMILES string of the molecule is COc1ccccc1CNC(=O)Cn1ccc2ccccc21. The van der Waals surface area contributed by atoms with Gasteiger partial charge in [0.2, 0.25) is 5.91 Å². The molecule has 22 heavy (non-hydrogen) atoms. The molecular weight excluding hydrogens is 276 g/mol. The third-order valence-corrected chi connectivity index (χ3v) is 3.66. The maximum absolute atomic E-state index is 12.2. The minimum absolute atomic E-state index is 0.0211. The minimum atomic E-state index is -0.0211. The highest BCUT2D eigenvalue weighted by Gasteiger charge is 2.07. The quantitative estimate of drug-likeness (QED) is 0.786. The van der Waals surface area contributed by atoms with E-state index in [1.807, 2.05) is 65.4 Å². The van der Waals surface area contributed by atoms with E-state index in [1.54, 1.807) is 7.11 Å². The van der Waals surface area contributed by atoms with Crippen LogP contribution in [-0.2, 0) is 17.9 Å². The number of carbonyl (C=O) groups is 1. The summed E-state index contributed by atoms with van der Waals surface area (Å²) in [5.41, 5.74) is 2.03. The van der Waals surface area contributed by atoms with Crippen molar-refractivity contribution in [3.63, 3.8) is 0 Å². The number of nitrogens with one attached hydrogen (secondary N) is 1. The Bertz CT molecular complexity index is 792.